The Labute approximate surface area is 124 Å². The highest BCUT2D eigenvalue weighted by Gasteiger charge is 2.26. The van der Waals surface area contributed by atoms with Crippen molar-refractivity contribution in [2.75, 3.05) is 13.1 Å². The van der Waals surface area contributed by atoms with Gasteiger partial charge in [0.1, 0.15) is 5.75 Å². The van der Waals surface area contributed by atoms with Gasteiger partial charge in [0.05, 0.1) is 0 Å². The molecule has 1 aliphatic heterocycles. The van der Waals surface area contributed by atoms with Gasteiger partial charge in [-0.1, -0.05) is 18.2 Å². The molecule has 1 fully saturated rings. The van der Waals surface area contributed by atoms with E-state index in [1.54, 1.807) is 12.1 Å². The number of para-hydroxylation sites is 1. The predicted molar refractivity (Wildman–Crippen MR) is 78.0 cm³/mol. The van der Waals surface area contributed by atoms with Crippen LogP contribution in [0.5, 0.6) is 5.75 Å². The number of carbonyl (C=O) groups excluding carboxylic acids is 1. The van der Waals surface area contributed by atoms with Gasteiger partial charge in [-0.05, 0) is 36.8 Å². The molecule has 0 spiro atoms. The second kappa shape index (κ2) is 7.11. The number of phenols is 1. The maximum atomic E-state index is 12.1. The first-order valence-corrected chi connectivity index (χ1v) is 7.32. The number of carboxylic acids is 1. The molecule has 114 valence electrons. The van der Waals surface area contributed by atoms with Crippen molar-refractivity contribution in [1.82, 2.24) is 4.90 Å². The van der Waals surface area contributed by atoms with Crippen LogP contribution in [0.3, 0.4) is 0 Å². The second-order valence-corrected chi connectivity index (χ2v) is 5.56. The van der Waals surface area contributed by atoms with Gasteiger partial charge in [-0.2, -0.15) is 0 Å². The average Bonchev–Trinajstić information content (AvgIpc) is 2.93. The maximum absolute atomic E-state index is 12.1. The second-order valence-electron chi connectivity index (χ2n) is 5.56. The zero-order chi connectivity index (χ0) is 15.2. The number of benzene rings is 1. The van der Waals surface area contributed by atoms with Gasteiger partial charge in [-0.3, -0.25) is 9.59 Å². The summed E-state index contributed by atoms with van der Waals surface area (Å²) in [7, 11) is 0. The fourth-order valence-corrected chi connectivity index (χ4v) is 2.74. The summed E-state index contributed by atoms with van der Waals surface area (Å²) in [4.78, 5) is 24.5. The topological polar surface area (TPSA) is 77.8 Å². The Morgan fingerprint density at radius 2 is 2.00 bits per heavy atom. The molecular formula is C16H21NO4. The first-order chi connectivity index (χ1) is 10.1. The van der Waals surface area contributed by atoms with Crippen LogP contribution in [0.2, 0.25) is 0 Å². The third-order valence-corrected chi connectivity index (χ3v) is 4.00. The van der Waals surface area contributed by atoms with Crippen LogP contribution in [-0.2, 0) is 16.0 Å². The van der Waals surface area contributed by atoms with E-state index in [-0.39, 0.29) is 18.1 Å². The molecule has 1 heterocycles. The van der Waals surface area contributed by atoms with Crippen molar-refractivity contribution in [3.8, 4) is 5.75 Å². The van der Waals surface area contributed by atoms with Crippen LogP contribution in [0.4, 0.5) is 0 Å². The summed E-state index contributed by atoms with van der Waals surface area (Å²) in [5.74, 6) is -0.170. The van der Waals surface area contributed by atoms with E-state index < -0.39 is 5.97 Å². The van der Waals surface area contributed by atoms with Gasteiger partial charge in [-0.15, -0.1) is 0 Å². The molecule has 1 aromatic rings. The molecule has 0 radical (unpaired) electrons. The lowest BCUT2D eigenvalue weighted by Gasteiger charge is -2.16. The van der Waals surface area contributed by atoms with Crippen LogP contribution in [0, 0.1) is 5.92 Å². The molecule has 1 unspecified atom stereocenters. The summed E-state index contributed by atoms with van der Waals surface area (Å²) in [6.07, 6.45) is 2.60. The zero-order valence-corrected chi connectivity index (χ0v) is 12.0. The lowest BCUT2D eigenvalue weighted by Crippen LogP contribution is -2.28. The molecule has 0 aromatic heterocycles. The lowest BCUT2D eigenvalue weighted by atomic mass is 10.0. The van der Waals surface area contributed by atoms with E-state index in [2.05, 4.69) is 0 Å². The number of phenolic OH excluding ortho intramolecular Hbond substituents is 1. The third-order valence-electron chi connectivity index (χ3n) is 4.00. The van der Waals surface area contributed by atoms with Gasteiger partial charge in [0.2, 0.25) is 5.91 Å². The summed E-state index contributed by atoms with van der Waals surface area (Å²) in [5, 5.41) is 18.4. The Hall–Kier alpha value is -2.04. The number of rotatable bonds is 6. The Bertz CT molecular complexity index is 515. The van der Waals surface area contributed by atoms with E-state index in [9.17, 15) is 14.7 Å². The lowest BCUT2D eigenvalue weighted by molar-refractivity contribution is -0.137. The highest BCUT2D eigenvalue weighted by Crippen LogP contribution is 2.23. The van der Waals surface area contributed by atoms with Crippen molar-refractivity contribution < 1.29 is 19.8 Å². The first-order valence-electron chi connectivity index (χ1n) is 7.32. The van der Waals surface area contributed by atoms with Gasteiger partial charge in [-0.25, -0.2) is 0 Å². The monoisotopic (exact) mass is 291 g/mol. The summed E-state index contributed by atoms with van der Waals surface area (Å²) in [5.41, 5.74) is 0.785. The first kappa shape index (κ1) is 15.4. The molecular weight excluding hydrogens is 270 g/mol. The van der Waals surface area contributed by atoms with E-state index in [4.69, 9.17) is 5.11 Å². The minimum absolute atomic E-state index is 0.0797. The molecule has 21 heavy (non-hydrogen) atoms. The van der Waals surface area contributed by atoms with E-state index in [1.165, 1.54) is 0 Å². The average molecular weight is 291 g/mol. The molecule has 0 aliphatic carbocycles. The number of amides is 1. The van der Waals surface area contributed by atoms with E-state index in [0.29, 0.717) is 38.3 Å². The van der Waals surface area contributed by atoms with Crippen LogP contribution in [0.1, 0.15) is 31.2 Å². The van der Waals surface area contributed by atoms with Crippen LogP contribution >= 0.6 is 0 Å². The highest BCUT2D eigenvalue weighted by atomic mass is 16.4. The molecule has 1 aliphatic rings. The van der Waals surface area contributed by atoms with Gasteiger partial charge in [0.25, 0.3) is 0 Å². The van der Waals surface area contributed by atoms with Gasteiger partial charge in [0.15, 0.2) is 0 Å². The van der Waals surface area contributed by atoms with Crippen LogP contribution in [-0.4, -0.2) is 40.1 Å². The summed E-state index contributed by atoms with van der Waals surface area (Å²) in [6.45, 7) is 1.37. The maximum Gasteiger partial charge on any atom is 0.303 e. The smallest absolute Gasteiger partial charge is 0.303 e. The van der Waals surface area contributed by atoms with Crippen LogP contribution in [0.15, 0.2) is 24.3 Å². The highest BCUT2D eigenvalue weighted by molar-refractivity contribution is 5.76. The molecule has 5 nitrogen and oxygen atoms in total. The van der Waals surface area contributed by atoms with E-state index >= 15 is 0 Å². The number of aromatic hydroxyl groups is 1. The molecule has 0 saturated carbocycles. The number of carbonyl (C=O) groups is 2. The minimum Gasteiger partial charge on any atom is -0.508 e. The quantitative estimate of drug-likeness (QED) is 0.840. The Balaban J connectivity index is 1.77. The number of hydrogen-bond donors (Lipinski definition) is 2. The standard InChI is InChI=1S/C16H21NO4/c18-14-4-2-1-3-13(14)6-7-15(19)17-10-9-12(11-17)5-8-16(20)21/h1-4,12,18H,5-11H2,(H,20,21). The number of nitrogens with zero attached hydrogens (tertiary/aromatic N) is 1. The minimum atomic E-state index is -0.778. The normalized spacial score (nSPS) is 17.9. The summed E-state index contributed by atoms with van der Waals surface area (Å²) >= 11 is 0. The number of aliphatic carboxylic acids is 1. The van der Waals surface area contributed by atoms with Gasteiger partial charge in [0, 0.05) is 25.9 Å². The Morgan fingerprint density at radius 1 is 1.24 bits per heavy atom. The molecule has 1 saturated heterocycles. The van der Waals surface area contributed by atoms with E-state index in [0.717, 1.165) is 12.0 Å². The van der Waals surface area contributed by atoms with Gasteiger partial charge >= 0.3 is 5.97 Å². The largest absolute Gasteiger partial charge is 0.508 e. The van der Waals surface area contributed by atoms with E-state index in [1.807, 2.05) is 17.0 Å². The molecule has 1 aromatic carbocycles. The summed E-state index contributed by atoms with van der Waals surface area (Å²) in [6, 6.07) is 7.05. The van der Waals surface area contributed by atoms with Crippen molar-refractivity contribution in [2.24, 2.45) is 5.92 Å². The van der Waals surface area contributed by atoms with Crippen LogP contribution in [0.25, 0.3) is 0 Å². The SMILES string of the molecule is O=C(O)CCC1CCN(C(=O)CCc2ccccc2O)C1. The predicted octanol–water partition coefficient (Wildman–Crippen LogP) is 2.04. The molecule has 1 atom stereocenters. The molecule has 1 amide bonds. The van der Waals surface area contributed by atoms with Crippen molar-refractivity contribution in [2.45, 2.75) is 32.1 Å². The summed E-state index contributed by atoms with van der Waals surface area (Å²) < 4.78 is 0. The van der Waals surface area contributed by atoms with Crippen molar-refractivity contribution in [3.63, 3.8) is 0 Å². The fourth-order valence-electron chi connectivity index (χ4n) is 2.74. The zero-order valence-electron chi connectivity index (χ0n) is 12.0. The number of hydrogen-bond acceptors (Lipinski definition) is 3. The van der Waals surface area contributed by atoms with Crippen molar-refractivity contribution in [1.29, 1.82) is 0 Å². The molecule has 2 N–H and O–H groups in total. The number of aryl methyl sites for hydroxylation is 1. The molecule has 0 bridgehead atoms. The number of likely N-dealkylation sites (tertiary alicyclic amines) is 1. The Kier molecular flexibility index (Phi) is 5.20. The fraction of sp³-hybridized carbons (Fsp3) is 0.500. The molecule has 5 heteroatoms. The molecule has 2 rings (SSSR count). The third kappa shape index (κ3) is 4.48. The van der Waals surface area contributed by atoms with Gasteiger partial charge < -0.3 is 15.1 Å². The number of carboxylic acid groups (broad SMARTS) is 1. The van der Waals surface area contributed by atoms with Crippen molar-refractivity contribution in [3.05, 3.63) is 29.8 Å². The van der Waals surface area contributed by atoms with Crippen LogP contribution < -0.4 is 0 Å². The van der Waals surface area contributed by atoms with Crippen molar-refractivity contribution >= 4 is 11.9 Å². The Morgan fingerprint density at radius 3 is 2.71 bits per heavy atom.